The molecule has 3 fully saturated rings. The van der Waals surface area contributed by atoms with E-state index < -0.39 is 35.9 Å². The number of thioether (sulfide) groups is 1. The number of carbonyl (C=O) groups is 1. The average molecular weight is 403 g/mol. The van der Waals surface area contributed by atoms with Crippen LogP contribution < -0.4 is 10.6 Å². The highest BCUT2D eigenvalue weighted by Crippen LogP contribution is 2.36. The molecule has 0 aromatic carbocycles. The standard InChI is InChI=1S/C19H34N2O5S/c1-9(2)12(17-15(23)14(22)16(24)19(26-17)27-3)21-18(25)13-11(8-20-13)7-6-10-4-5-10/h9-17,19-20,22-24H,4-8H2,1-3H3,(H,21,25)/t11-,12+,13-,14-,15+,16+,17+,19+/m0/s1. The molecule has 8 heteroatoms. The van der Waals surface area contributed by atoms with Crippen LogP contribution in [-0.4, -0.2) is 76.0 Å². The summed E-state index contributed by atoms with van der Waals surface area (Å²) < 4.78 is 5.87. The quantitative estimate of drug-likeness (QED) is 0.391. The molecule has 156 valence electrons. The number of carbonyl (C=O) groups excluding carboxylic acids is 1. The largest absolute Gasteiger partial charge is 0.388 e. The van der Waals surface area contributed by atoms with Gasteiger partial charge in [0.15, 0.2) is 0 Å². The lowest BCUT2D eigenvalue weighted by molar-refractivity contribution is -0.208. The van der Waals surface area contributed by atoms with Crippen molar-refractivity contribution in [2.24, 2.45) is 17.8 Å². The molecule has 8 atom stereocenters. The molecule has 0 aromatic rings. The predicted octanol–water partition coefficient (Wildman–Crippen LogP) is 0.0760. The molecule has 2 heterocycles. The van der Waals surface area contributed by atoms with Gasteiger partial charge in [0.2, 0.25) is 5.91 Å². The van der Waals surface area contributed by atoms with Crippen molar-refractivity contribution >= 4 is 17.7 Å². The Labute approximate surface area is 165 Å². The van der Waals surface area contributed by atoms with Crippen molar-refractivity contribution in [3.05, 3.63) is 0 Å². The summed E-state index contributed by atoms with van der Waals surface area (Å²) in [5, 5.41) is 37.0. The van der Waals surface area contributed by atoms with Crippen LogP contribution in [0.1, 0.15) is 39.5 Å². The Kier molecular flexibility index (Phi) is 7.08. The summed E-state index contributed by atoms with van der Waals surface area (Å²) in [6.45, 7) is 4.77. The highest BCUT2D eigenvalue weighted by atomic mass is 32.2. The Morgan fingerprint density at radius 2 is 1.89 bits per heavy atom. The number of aliphatic hydroxyl groups is 3. The maximum absolute atomic E-state index is 12.8. The first-order valence-electron chi connectivity index (χ1n) is 10.1. The Bertz CT molecular complexity index is 516. The summed E-state index contributed by atoms with van der Waals surface area (Å²) in [5.74, 6) is 1.16. The van der Waals surface area contributed by atoms with Crippen LogP contribution >= 0.6 is 11.8 Å². The van der Waals surface area contributed by atoms with Gasteiger partial charge in [-0.1, -0.05) is 33.1 Å². The number of ether oxygens (including phenoxy) is 1. The fraction of sp³-hybridized carbons (Fsp3) is 0.947. The molecule has 0 spiro atoms. The minimum atomic E-state index is -1.30. The van der Waals surface area contributed by atoms with Crippen LogP contribution in [0.2, 0.25) is 0 Å². The number of nitrogens with one attached hydrogen (secondary N) is 2. The van der Waals surface area contributed by atoms with Crippen molar-refractivity contribution in [2.45, 2.75) is 81.5 Å². The van der Waals surface area contributed by atoms with Crippen LogP contribution in [0.25, 0.3) is 0 Å². The Morgan fingerprint density at radius 3 is 2.41 bits per heavy atom. The Balaban J connectivity index is 1.61. The molecule has 0 radical (unpaired) electrons. The molecule has 3 aliphatic rings. The van der Waals surface area contributed by atoms with Crippen LogP contribution in [0.4, 0.5) is 0 Å². The molecule has 2 aliphatic heterocycles. The van der Waals surface area contributed by atoms with E-state index in [-0.39, 0.29) is 17.9 Å². The molecule has 1 aliphatic carbocycles. The van der Waals surface area contributed by atoms with Crippen molar-refractivity contribution in [1.29, 1.82) is 0 Å². The Hall–Kier alpha value is -0.380. The summed E-state index contributed by atoms with van der Waals surface area (Å²) in [6.07, 6.45) is 2.23. The monoisotopic (exact) mass is 402 g/mol. The van der Waals surface area contributed by atoms with E-state index in [4.69, 9.17) is 4.74 Å². The minimum absolute atomic E-state index is 0.00328. The summed E-state index contributed by atoms with van der Waals surface area (Å²) in [4.78, 5) is 12.8. The molecule has 3 rings (SSSR count). The van der Waals surface area contributed by atoms with Gasteiger partial charge in [0.05, 0.1) is 12.1 Å². The third-order valence-corrected chi connectivity index (χ3v) is 7.07. The fourth-order valence-electron chi connectivity index (χ4n) is 4.08. The molecule has 1 saturated carbocycles. The molecular weight excluding hydrogens is 368 g/mol. The highest BCUT2D eigenvalue weighted by Gasteiger charge is 2.48. The van der Waals surface area contributed by atoms with E-state index in [9.17, 15) is 20.1 Å². The predicted molar refractivity (Wildman–Crippen MR) is 104 cm³/mol. The third-order valence-electron chi connectivity index (χ3n) is 6.22. The average Bonchev–Trinajstić information content (AvgIpc) is 3.42. The minimum Gasteiger partial charge on any atom is -0.388 e. The summed E-state index contributed by atoms with van der Waals surface area (Å²) in [6, 6.07) is -0.645. The first kappa shape index (κ1) is 21.3. The fourth-order valence-corrected chi connectivity index (χ4v) is 4.76. The lowest BCUT2D eigenvalue weighted by atomic mass is 9.84. The molecular formula is C19H34N2O5S. The lowest BCUT2D eigenvalue weighted by Gasteiger charge is -2.45. The SMILES string of the molecule is CS[C@H]1O[C@H]([C@H](NC(=O)[C@H]2NC[C@@H]2CCC2CC2)C(C)C)[C@H](O)[C@H](O)[C@H]1O. The van der Waals surface area contributed by atoms with Gasteiger partial charge in [-0.15, -0.1) is 11.8 Å². The summed E-state index contributed by atoms with van der Waals surface area (Å²) in [7, 11) is 0. The first-order valence-corrected chi connectivity index (χ1v) is 11.4. The van der Waals surface area contributed by atoms with Gasteiger partial charge < -0.3 is 30.7 Å². The van der Waals surface area contributed by atoms with Crippen molar-refractivity contribution in [1.82, 2.24) is 10.6 Å². The number of amides is 1. The number of aliphatic hydroxyl groups excluding tert-OH is 3. The smallest absolute Gasteiger partial charge is 0.237 e. The molecule has 27 heavy (non-hydrogen) atoms. The number of hydrogen-bond acceptors (Lipinski definition) is 7. The van der Waals surface area contributed by atoms with Crippen LogP contribution in [0.5, 0.6) is 0 Å². The van der Waals surface area contributed by atoms with Crippen molar-refractivity contribution in [3.63, 3.8) is 0 Å². The van der Waals surface area contributed by atoms with E-state index in [0.717, 1.165) is 18.9 Å². The van der Waals surface area contributed by atoms with Crippen LogP contribution in [0.3, 0.4) is 0 Å². The summed E-state index contributed by atoms with van der Waals surface area (Å²) >= 11 is 1.28. The lowest BCUT2D eigenvalue weighted by Crippen LogP contribution is -2.67. The number of rotatable bonds is 8. The van der Waals surface area contributed by atoms with E-state index in [1.54, 1.807) is 6.26 Å². The van der Waals surface area contributed by atoms with Gasteiger partial charge in [0.1, 0.15) is 29.9 Å². The normalized spacial score (nSPS) is 40.5. The summed E-state index contributed by atoms with van der Waals surface area (Å²) in [5.41, 5.74) is -0.639. The zero-order valence-electron chi connectivity index (χ0n) is 16.4. The van der Waals surface area contributed by atoms with Crippen molar-refractivity contribution in [2.75, 3.05) is 12.8 Å². The Morgan fingerprint density at radius 1 is 1.19 bits per heavy atom. The maximum Gasteiger partial charge on any atom is 0.237 e. The second-order valence-corrected chi connectivity index (χ2v) is 9.56. The topological polar surface area (TPSA) is 111 Å². The number of hydrogen-bond donors (Lipinski definition) is 5. The van der Waals surface area contributed by atoms with E-state index in [1.165, 1.54) is 31.0 Å². The van der Waals surface area contributed by atoms with E-state index in [0.29, 0.717) is 5.92 Å². The van der Waals surface area contributed by atoms with E-state index in [2.05, 4.69) is 10.6 Å². The molecule has 7 nitrogen and oxygen atoms in total. The molecule has 2 saturated heterocycles. The van der Waals surface area contributed by atoms with Crippen LogP contribution in [0, 0.1) is 17.8 Å². The van der Waals surface area contributed by atoms with Gasteiger partial charge >= 0.3 is 0 Å². The molecule has 5 N–H and O–H groups in total. The van der Waals surface area contributed by atoms with Gasteiger partial charge in [-0.25, -0.2) is 0 Å². The van der Waals surface area contributed by atoms with Crippen molar-refractivity contribution < 1.29 is 24.9 Å². The van der Waals surface area contributed by atoms with E-state index in [1.807, 2.05) is 13.8 Å². The molecule has 0 unspecified atom stereocenters. The van der Waals surface area contributed by atoms with Gasteiger partial charge in [-0.3, -0.25) is 4.79 Å². The zero-order chi connectivity index (χ0) is 19.7. The van der Waals surface area contributed by atoms with Crippen LogP contribution in [0.15, 0.2) is 0 Å². The third kappa shape index (κ3) is 4.79. The second kappa shape index (κ2) is 8.97. The van der Waals surface area contributed by atoms with Gasteiger partial charge in [0.25, 0.3) is 0 Å². The molecule has 0 aromatic heterocycles. The van der Waals surface area contributed by atoms with E-state index >= 15 is 0 Å². The maximum atomic E-state index is 12.8. The highest BCUT2D eigenvalue weighted by molar-refractivity contribution is 7.99. The van der Waals surface area contributed by atoms with Crippen molar-refractivity contribution in [3.8, 4) is 0 Å². The first-order chi connectivity index (χ1) is 12.8. The van der Waals surface area contributed by atoms with Gasteiger partial charge in [0, 0.05) is 6.54 Å². The molecule has 1 amide bonds. The van der Waals surface area contributed by atoms with Crippen LogP contribution in [-0.2, 0) is 9.53 Å². The van der Waals surface area contributed by atoms with Gasteiger partial charge in [-0.05, 0) is 30.4 Å². The van der Waals surface area contributed by atoms with Gasteiger partial charge in [-0.2, -0.15) is 0 Å². The molecule has 0 bridgehead atoms. The second-order valence-electron chi connectivity index (χ2n) is 8.62. The zero-order valence-corrected chi connectivity index (χ0v) is 17.2.